The van der Waals surface area contributed by atoms with Gasteiger partial charge < -0.3 is 9.88 Å². The molecule has 0 saturated carbocycles. The second kappa shape index (κ2) is 7.96. The van der Waals surface area contributed by atoms with Gasteiger partial charge >= 0.3 is 0 Å². The number of sulfonamides is 1. The van der Waals surface area contributed by atoms with Gasteiger partial charge in [0.05, 0.1) is 22.0 Å². The second-order valence-electron chi connectivity index (χ2n) is 7.22. The minimum atomic E-state index is -3.62. The van der Waals surface area contributed by atoms with Gasteiger partial charge in [0.25, 0.3) is 5.91 Å². The molecule has 1 atom stereocenters. The van der Waals surface area contributed by atoms with Crippen molar-refractivity contribution in [1.29, 1.82) is 0 Å². The molecule has 0 radical (unpaired) electrons. The van der Waals surface area contributed by atoms with Crippen LogP contribution < -0.4 is 4.72 Å². The number of amides is 1. The SMILES string of the molecule is CCCNS(=O)(=O)c1cccc(C(=O)N2CCC[C@@H]2c2nc3ccccc3[nH]2)c1. The summed E-state index contributed by atoms with van der Waals surface area (Å²) in [7, 11) is -3.62. The van der Waals surface area contributed by atoms with Gasteiger partial charge in [-0.05, 0) is 49.6 Å². The van der Waals surface area contributed by atoms with Crippen molar-refractivity contribution in [3.05, 3.63) is 59.9 Å². The molecule has 2 heterocycles. The van der Waals surface area contributed by atoms with Crippen molar-refractivity contribution in [1.82, 2.24) is 19.6 Å². The summed E-state index contributed by atoms with van der Waals surface area (Å²) in [5, 5.41) is 0. The predicted octanol–water partition coefficient (Wildman–Crippen LogP) is 3.23. The van der Waals surface area contributed by atoms with Crippen molar-refractivity contribution in [3.63, 3.8) is 0 Å². The number of benzene rings is 2. The van der Waals surface area contributed by atoms with E-state index in [-0.39, 0.29) is 16.8 Å². The molecule has 8 heteroatoms. The highest BCUT2D eigenvalue weighted by Crippen LogP contribution is 2.32. The quantitative estimate of drug-likeness (QED) is 0.650. The molecule has 1 aliphatic heterocycles. The first-order valence-electron chi connectivity index (χ1n) is 9.85. The van der Waals surface area contributed by atoms with Crippen LogP contribution >= 0.6 is 0 Å². The predicted molar refractivity (Wildman–Crippen MR) is 111 cm³/mol. The molecule has 29 heavy (non-hydrogen) atoms. The highest BCUT2D eigenvalue weighted by molar-refractivity contribution is 7.89. The highest BCUT2D eigenvalue weighted by Gasteiger charge is 2.33. The van der Waals surface area contributed by atoms with E-state index in [1.165, 1.54) is 12.1 Å². The van der Waals surface area contributed by atoms with Crippen LogP contribution in [0.4, 0.5) is 0 Å². The summed E-state index contributed by atoms with van der Waals surface area (Å²) in [5.74, 6) is 0.589. The van der Waals surface area contributed by atoms with Gasteiger partial charge in [-0.1, -0.05) is 25.1 Å². The number of H-pyrrole nitrogens is 1. The Morgan fingerprint density at radius 2 is 2.07 bits per heavy atom. The van der Waals surface area contributed by atoms with Crippen LogP contribution in [0.15, 0.2) is 53.4 Å². The average molecular weight is 413 g/mol. The average Bonchev–Trinajstić information content (AvgIpc) is 3.38. The minimum Gasteiger partial charge on any atom is -0.340 e. The maximum absolute atomic E-state index is 13.2. The van der Waals surface area contributed by atoms with Gasteiger partial charge in [0.1, 0.15) is 5.82 Å². The molecule has 3 aromatic rings. The lowest BCUT2D eigenvalue weighted by Gasteiger charge is -2.23. The summed E-state index contributed by atoms with van der Waals surface area (Å²) < 4.78 is 27.4. The van der Waals surface area contributed by atoms with E-state index >= 15 is 0 Å². The zero-order valence-electron chi connectivity index (χ0n) is 16.3. The molecule has 1 fully saturated rings. The number of rotatable bonds is 6. The van der Waals surface area contributed by atoms with Crippen molar-refractivity contribution in [2.24, 2.45) is 0 Å². The monoisotopic (exact) mass is 412 g/mol. The number of nitrogens with zero attached hydrogens (tertiary/aromatic N) is 2. The fraction of sp³-hybridized carbons (Fsp3) is 0.333. The Bertz CT molecular complexity index is 1110. The first kappa shape index (κ1) is 19.6. The molecule has 1 amide bonds. The van der Waals surface area contributed by atoms with Crippen LogP contribution in [0.25, 0.3) is 11.0 Å². The van der Waals surface area contributed by atoms with Gasteiger partial charge in [-0.15, -0.1) is 0 Å². The van der Waals surface area contributed by atoms with Gasteiger partial charge in [0.15, 0.2) is 0 Å². The number of nitrogens with one attached hydrogen (secondary N) is 2. The van der Waals surface area contributed by atoms with Crippen LogP contribution in [0.5, 0.6) is 0 Å². The number of aromatic amines is 1. The Kier molecular flexibility index (Phi) is 5.38. The van der Waals surface area contributed by atoms with Gasteiger partial charge in [-0.25, -0.2) is 18.1 Å². The van der Waals surface area contributed by atoms with Crippen molar-refractivity contribution in [3.8, 4) is 0 Å². The van der Waals surface area contributed by atoms with Crippen molar-refractivity contribution < 1.29 is 13.2 Å². The van der Waals surface area contributed by atoms with Gasteiger partial charge in [0.2, 0.25) is 10.0 Å². The summed E-state index contributed by atoms with van der Waals surface area (Å²) in [4.78, 5) is 23.1. The molecule has 152 valence electrons. The van der Waals surface area contributed by atoms with E-state index in [2.05, 4.69) is 14.7 Å². The van der Waals surface area contributed by atoms with E-state index in [1.807, 2.05) is 31.2 Å². The van der Waals surface area contributed by atoms with Crippen molar-refractivity contribution >= 4 is 27.0 Å². The van der Waals surface area contributed by atoms with Gasteiger partial charge in [-0.3, -0.25) is 4.79 Å². The maximum atomic E-state index is 13.2. The highest BCUT2D eigenvalue weighted by atomic mass is 32.2. The number of hydrogen-bond donors (Lipinski definition) is 2. The molecular weight excluding hydrogens is 388 g/mol. The topological polar surface area (TPSA) is 95.2 Å². The van der Waals surface area contributed by atoms with Crippen LogP contribution in [0, 0.1) is 0 Å². The molecule has 2 N–H and O–H groups in total. The molecule has 0 bridgehead atoms. The van der Waals surface area contributed by atoms with Crippen molar-refractivity contribution in [2.75, 3.05) is 13.1 Å². The Labute approximate surface area is 170 Å². The molecule has 0 aliphatic carbocycles. The van der Waals surface area contributed by atoms with Crippen LogP contribution in [0.2, 0.25) is 0 Å². The van der Waals surface area contributed by atoms with Gasteiger partial charge in [-0.2, -0.15) is 0 Å². The summed E-state index contributed by atoms with van der Waals surface area (Å²) in [6, 6.07) is 13.9. The van der Waals surface area contributed by atoms with E-state index in [1.54, 1.807) is 17.0 Å². The fourth-order valence-corrected chi connectivity index (χ4v) is 4.89. The third kappa shape index (κ3) is 3.90. The number of para-hydroxylation sites is 2. The van der Waals surface area contributed by atoms with E-state index in [0.717, 1.165) is 29.7 Å². The number of carbonyl (C=O) groups excluding carboxylic acids is 1. The first-order valence-corrected chi connectivity index (χ1v) is 11.3. The molecular formula is C21H24N4O3S. The van der Waals surface area contributed by atoms with Crippen LogP contribution in [-0.2, 0) is 10.0 Å². The second-order valence-corrected chi connectivity index (χ2v) is 8.99. The number of hydrogen-bond acceptors (Lipinski definition) is 4. The molecule has 1 saturated heterocycles. The summed E-state index contributed by atoms with van der Waals surface area (Å²) in [6.45, 7) is 2.88. The standard InChI is InChI=1S/C21H24N4O3S/c1-2-12-22-29(27,28)16-8-5-7-15(14-16)21(26)25-13-6-11-19(25)20-23-17-9-3-4-10-18(17)24-20/h3-5,7-10,14,19,22H,2,6,11-13H2,1H3,(H,23,24)/t19-/m1/s1. The number of imidazole rings is 1. The smallest absolute Gasteiger partial charge is 0.254 e. The lowest BCUT2D eigenvalue weighted by Crippen LogP contribution is -2.31. The Morgan fingerprint density at radius 3 is 2.86 bits per heavy atom. The normalized spacial score (nSPS) is 17.1. The number of carbonyl (C=O) groups is 1. The summed E-state index contributed by atoms with van der Waals surface area (Å²) >= 11 is 0. The fourth-order valence-electron chi connectivity index (χ4n) is 3.71. The van der Waals surface area contributed by atoms with E-state index in [4.69, 9.17) is 0 Å². The number of aromatic nitrogens is 2. The molecule has 4 rings (SSSR count). The Hall–Kier alpha value is -2.71. The molecule has 0 spiro atoms. The minimum absolute atomic E-state index is 0.108. The maximum Gasteiger partial charge on any atom is 0.254 e. The van der Waals surface area contributed by atoms with E-state index < -0.39 is 10.0 Å². The molecule has 1 aliphatic rings. The van der Waals surface area contributed by atoms with Gasteiger partial charge in [0, 0.05) is 18.7 Å². The lowest BCUT2D eigenvalue weighted by atomic mass is 10.1. The third-order valence-corrected chi connectivity index (χ3v) is 6.63. The molecule has 7 nitrogen and oxygen atoms in total. The van der Waals surface area contributed by atoms with E-state index in [0.29, 0.717) is 25.1 Å². The molecule has 1 aromatic heterocycles. The first-order chi connectivity index (χ1) is 14.0. The van der Waals surface area contributed by atoms with Crippen LogP contribution in [0.3, 0.4) is 0 Å². The number of fused-ring (bicyclic) bond motifs is 1. The Morgan fingerprint density at radius 1 is 1.24 bits per heavy atom. The van der Waals surface area contributed by atoms with Crippen LogP contribution in [0.1, 0.15) is 48.4 Å². The zero-order chi connectivity index (χ0) is 20.4. The molecule has 0 unspecified atom stereocenters. The third-order valence-electron chi connectivity index (χ3n) is 5.17. The lowest BCUT2D eigenvalue weighted by molar-refractivity contribution is 0.0730. The Balaban J connectivity index is 1.61. The summed E-state index contributed by atoms with van der Waals surface area (Å²) in [6.07, 6.45) is 2.40. The largest absolute Gasteiger partial charge is 0.340 e. The van der Waals surface area contributed by atoms with Crippen molar-refractivity contribution in [2.45, 2.75) is 37.1 Å². The zero-order valence-corrected chi connectivity index (χ0v) is 17.1. The van der Waals surface area contributed by atoms with Crippen LogP contribution in [-0.4, -0.2) is 42.3 Å². The van der Waals surface area contributed by atoms with E-state index in [9.17, 15) is 13.2 Å². The number of likely N-dealkylation sites (tertiary alicyclic amines) is 1. The summed E-state index contributed by atoms with van der Waals surface area (Å²) in [5.41, 5.74) is 2.18. The molecule has 2 aromatic carbocycles.